The number of carbonyl (C=O) groups excluding carboxylic acids is 1. The first-order valence-electron chi connectivity index (χ1n) is 18.4. The molecule has 0 radical (unpaired) electrons. The normalized spacial score (nSPS) is 17.2. The number of benzene rings is 2. The minimum atomic E-state index is -0.736. The highest BCUT2D eigenvalue weighted by atomic mass is 35.5. The lowest BCUT2D eigenvalue weighted by Gasteiger charge is -2.36. The molecule has 0 aliphatic carbocycles. The summed E-state index contributed by atoms with van der Waals surface area (Å²) in [6.45, 7) is 9.34. The van der Waals surface area contributed by atoms with E-state index in [-0.39, 0.29) is 59.8 Å². The third kappa shape index (κ3) is 7.14. The molecule has 3 fully saturated rings. The summed E-state index contributed by atoms with van der Waals surface area (Å²) in [6, 6.07) is 6.37. The predicted molar refractivity (Wildman–Crippen MR) is 208 cm³/mol. The lowest BCUT2D eigenvalue weighted by Crippen LogP contribution is -2.49. The number of nitrogen functional groups attached to an aromatic ring is 1. The molecule has 0 unspecified atom stereocenters. The molecule has 10 nitrogen and oxygen atoms in total. The van der Waals surface area contributed by atoms with Crippen LogP contribution in [0.2, 0.25) is 5.02 Å². The molecule has 1 amide bonds. The number of nitrogens with zero attached hydrogens (tertiary/aromatic N) is 7. The van der Waals surface area contributed by atoms with Crippen molar-refractivity contribution in [1.82, 2.24) is 24.7 Å². The number of piperazine rings is 1. The zero-order valence-electron chi connectivity index (χ0n) is 30.3. The van der Waals surface area contributed by atoms with E-state index >= 15 is 4.39 Å². The molecule has 280 valence electrons. The van der Waals surface area contributed by atoms with Gasteiger partial charge in [0.1, 0.15) is 34.8 Å². The first-order valence-corrected chi connectivity index (χ1v) is 19.6. The Balaban J connectivity index is 1.21. The summed E-state index contributed by atoms with van der Waals surface area (Å²) < 4.78 is 38.6. The van der Waals surface area contributed by atoms with Gasteiger partial charge in [0.15, 0.2) is 5.82 Å². The van der Waals surface area contributed by atoms with E-state index in [0.29, 0.717) is 56.0 Å². The van der Waals surface area contributed by atoms with Crippen molar-refractivity contribution < 1.29 is 18.3 Å². The van der Waals surface area contributed by atoms with Crippen molar-refractivity contribution in [2.45, 2.75) is 56.9 Å². The number of amides is 1. The van der Waals surface area contributed by atoms with Crippen LogP contribution in [0, 0.1) is 23.0 Å². The molecule has 0 saturated carbocycles. The number of nitriles is 1. The van der Waals surface area contributed by atoms with Gasteiger partial charge >= 0.3 is 6.01 Å². The van der Waals surface area contributed by atoms with Gasteiger partial charge in [0, 0.05) is 48.1 Å². The highest BCUT2D eigenvalue weighted by Crippen LogP contribution is 2.46. The molecule has 53 heavy (non-hydrogen) atoms. The molecule has 2 aromatic heterocycles. The number of hydrogen-bond acceptors (Lipinski definition) is 10. The summed E-state index contributed by atoms with van der Waals surface area (Å²) in [7, 11) is 4.11. The standard InChI is InChI=1S/C39H45ClF2N8O2S/c1-24(9-5-4-6-14-47(2)3)37(51)49-19-17-48(18-20-49)36-26-21-28(40)31(25-10-11-29(41)34-30(25)27(22-43)35(44)53-34)32(42)33(26)45-38(46-36)52-23-39-12-7-15-50(39)16-8-13-39/h10-11,21H,1,4-9,12-20,23,44H2,2-3H3. The van der Waals surface area contributed by atoms with Crippen LogP contribution in [0.25, 0.3) is 32.1 Å². The van der Waals surface area contributed by atoms with E-state index in [0.717, 1.165) is 75.9 Å². The van der Waals surface area contributed by atoms with Crippen LogP contribution in [-0.4, -0.2) is 103 Å². The molecular weight excluding hydrogens is 718 g/mol. The number of hydrogen-bond donors (Lipinski definition) is 1. The number of nitrogens with two attached hydrogens (primary N) is 1. The average Bonchev–Trinajstić information content (AvgIpc) is 3.83. The summed E-state index contributed by atoms with van der Waals surface area (Å²) >= 11 is 7.84. The Labute approximate surface area is 317 Å². The van der Waals surface area contributed by atoms with Crippen LogP contribution < -0.4 is 15.4 Å². The van der Waals surface area contributed by atoms with Crippen LogP contribution in [0.1, 0.15) is 56.9 Å². The number of thiophene rings is 1. The van der Waals surface area contributed by atoms with Crippen LogP contribution in [0.4, 0.5) is 19.6 Å². The first-order chi connectivity index (χ1) is 25.5. The number of unbranched alkanes of at least 4 members (excludes halogenated alkanes) is 2. The van der Waals surface area contributed by atoms with Gasteiger partial charge in [-0.1, -0.05) is 30.7 Å². The number of rotatable bonds is 12. The van der Waals surface area contributed by atoms with Crippen molar-refractivity contribution in [3.8, 4) is 23.2 Å². The third-order valence-electron chi connectivity index (χ3n) is 11.1. The fourth-order valence-electron chi connectivity index (χ4n) is 8.28. The maximum atomic E-state index is 17.1. The quantitative estimate of drug-likeness (QED) is 0.118. The van der Waals surface area contributed by atoms with Crippen molar-refractivity contribution in [2.75, 3.05) is 77.1 Å². The van der Waals surface area contributed by atoms with Crippen molar-refractivity contribution >= 4 is 60.7 Å². The Hall–Kier alpha value is -4.09. The van der Waals surface area contributed by atoms with Crippen molar-refractivity contribution in [2.24, 2.45) is 0 Å². The number of halogens is 3. The molecule has 5 heterocycles. The third-order valence-corrected chi connectivity index (χ3v) is 12.4. The second-order valence-corrected chi connectivity index (χ2v) is 16.2. The molecule has 0 atom stereocenters. The molecule has 0 spiro atoms. The lowest BCUT2D eigenvalue weighted by atomic mass is 9.95. The molecule has 14 heteroatoms. The van der Waals surface area contributed by atoms with Gasteiger partial charge in [0.25, 0.3) is 0 Å². The molecule has 2 aromatic carbocycles. The molecule has 2 N–H and O–H groups in total. The zero-order chi connectivity index (χ0) is 37.4. The highest BCUT2D eigenvalue weighted by Gasteiger charge is 2.45. The smallest absolute Gasteiger partial charge is 0.319 e. The Kier molecular flexibility index (Phi) is 10.8. The molecule has 3 aliphatic heterocycles. The van der Waals surface area contributed by atoms with Gasteiger partial charge in [-0.25, -0.2) is 8.78 Å². The van der Waals surface area contributed by atoms with E-state index in [4.69, 9.17) is 27.1 Å². The molecular formula is C39H45ClF2N8O2S. The van der Waals surface area contributed by atoms with Gasteiger partial charge in [-0.15, -0.1) is 11.3 Å². The van der Waals surface area contributed by atoms with Crippen LogP contribution in [0.3, 0.4) is 0 Å². The van der Waals surface area contributed by atoms with Gasteiger partial charge in [-0.05, 0) is 96.4 Å². The second-order valence-electron chi connectivity index (χ2n) is 14.7. The average molecular weight is 763 g/mol. The van der Waals surface area contributed by atoms with E-state index in [1.165, 1.54) is 12.1 Å². The van der Waals surface area contributed by atoms with E-state index in [2.05, 4.69) is 41.5 Å². The van der Waals surface area contributed by atoms with Crippen LogP contribution in [-0.2, 0) is 4.79 Å². The van der Waals surface area contributed by atoms with Gasteiger partial charge in [0.05, 0.1) is 20.8 Å². The summed E-state index contributed by atoms with van der Waals surface area (Å²) in [6.07, 6.45) is 7.93. The minimum Gasteiger partial charge on any atom is -0.461 e. The maximum absolute atomic E-state index is 17.1. The topological polar surface area (TPSA) is 115 Å². The van der Waals surface area contributed by atoms with Crippen molar-refractivity contribution in [1.29, 1.82) is 5.26 Å². The number of anilines is 2. The first kappa shape index (κ1) is 37.2. The fraction of sp³-hybridized carbons (Fsp3) is 0.487. The zero-order valence-corrected chi connectivity index (χ0v) is 31.9. The van der Waals surface area contributed by atoms with Crippen LogP contribution in [0.5, 0.6) is 6.01 Å². The lowest BCUT2D eigenvalue weighted by molar-refractivity contribution is -0.127. The molecule has 7 rings (SSSR count). The Morgan fingerprint density at radius 3 is 2.55 bits per heavy atom. The number of ether oxygens (including phenoxy) is 1. The number of fused-ring (bicyclic) bond motifs is 3. The van der Waals surface area contributed by atoms with Gasteiger partial charge in [-0.3, -0.25) is 9.69 Å². The highest BCUT2D eigenvalue weighted by molar-refractivity contribution is 7.23. The van der Waals surface area contributed by atoms with Crippen molar-refractivity contribution in [3.63, 3.8) is 0 Å². The minimum absolute atomic E-state index is 0.00284. The molecule has 4 aromatic rings. The Morgan fingerprint density at radius 2 is 1.85 bits per heavy atom. The monoisotopic (exact) mass is 762 g/mol. The number of carbonyl (C=O) groups is 1. The SMILES string of the molecule is C=C(CCCCCN(C)C)C(=O)N1CCN(c2nc(OCC34CCCN3CCC4)nc3c(F)c(-c4ccc(F)c5sc(N)c(C#N)c45)c(Cl)cc23)CC1. The van der Waals surface area contributed by atoms with E-state index < -0.39 is 11.6 Å². The second kappa shape index (κ2) is 15.3. The Bertz CT molecular complexity index is 2100. The Morgan fingerprint density at radius 1 is 1.11 bits per heavy atom. The van der Waals surface area contributed by atoms with E-state index in [1.54, 1.807) is 6.07 Å². The summed E-state index contributed by atoms with van der Waals surface area (Å²) in [4.78, 5) is 31.3. The predicted octanol–water partition coefficient (Wildman–Crippen LogP) is 7.23. The maximum Gasteiger partial charge on any atom is 0.319 e. The number of aromatic nitrogens is 2. The van der Waals surface area contributed by atoms with Crippen molar-refractivity contribution in [3.05, 3.63) is 52.6 Å². The van der Waals surface area contributed by atoms with Crippen LogP contribution >= 0.6 is 22.9 Å². The molecule has 0 bridgehead atoms. The van der Waals surface area contributed by atoms with Gasteiger partial charge in [-0.2, -0.15) is 15.2 Å². The summed E-state index contributed by atoms with van der Waals surface area (Å²) in [5, 5.41) is 10.7. The van der Waals surface area contributed by atoms with E-state index in [1.807, 2.05) is 9.80 Å². The molecule has 3 saturated heterocycles. The summed E-state index contributed by atoms with van der Waals surface area (Å²) in [5.74, 6) is -0.883. The summed E-state index contributed by atoms with van der Waals surface area (Å²) in [5.41, 5.74) is 6.92. The fourth-order valence-corrected chi connectivity index (χ4v) is 9.52. The van der Waals surface area contributed by atoms with E-state index in [9.17, 15) is 14.4 Å². The van der Waals surface area contributed by atoms with Crippen LogP contribution in [0.15, 0.2) is 30.4 Å². The molecule has 3 aliphatic rings. The largest absolute Gasteiger partial charge is 0.461 e. The van der Waals surface area contributed by atoms with Gasteiger partial charge < -0.3 is 25.2 Å². The van der Waals surface area contributed by atoms with Gasteiger partial charge in [0.2, 0.25) is 5.91 Å².